The average Bonchev–Trinajstić information content (AvgIpc) is 2.78. The quantitative estimate of drug-likeness (QED) is 0.249. The second-order valence-corrected chi connectivity index (χ2v) is 8.03. The molecule has 0 saturated heterocycles. The molecule has 0 fully saturated rings. The number of benzene rings is 1. The second kappa shape index (κ2) is 14.9. The van der Waals surface area contributed by atoms with Gasteiger partial charge in [-0.2, -0.15) is 4.39 Å². The molecule has 5 heteroatoms. The highest BCUT2D eigenvalue weighted by atomic mass is 19.1. The zero-order chi connectivity index (χ0) is 22.3. The van der Waals surface area contributed by atoms with Crippen molar-refractivity contribution in [2.45, 2.75) is 77.7 Å². The van der Waals surface area contributed by atoms with E-state index >= 15 is 0 Å². The molecule has 0 aliphatic heterocycles. The summed E-state index contributed by atoms with van der Waals surface area (Å²) in [5.41, 5.74) is 2.77. The van der Waals surface area contributed by atoms with Crippen molar-refractivity contribution in [3.05, 3.63) is 47.9 Å². The van der Waals surface area contributed by atoms with Crippen LogP contribution in [0.25, 0.3) is 11.3 Å². The number of pyridine rings is 1. The molecule has 1 heterocycles. The van der Waals surface area contributed by atoms with E-state index < -0.39 is 12.1 Å². The molecule has 0 spiro atoms. The van der Waals surface area contributed by atoms with Gasteiger partial charge in [-0.05, 0) is 43.4 Å². The summed E-state index contributed by atoms with van der Waals surface area (Å²) in [4.78, 5) is 4.14. The number of rotatable bonds is 16. The molecular weight excluding hydrogens is 393 g/mol. The van der Waals surface area contributed by atoms with E-state index in [2.05, 4.69) is 18.0 Å². The summed E-state index contributed by atoms with van der Waals surface area (Å²) < 4.78 is 25.4. The first kappa shape index (κ1) is 25.3. The highest BCUT2D eigenvalue weighted by molar-refractivity contribution is 5.64. The van der Waals surface area contributed by atoms with Crippen molar-refractivity contribution >= 4 is 0 Å². The van der Waals surface area contributed by atoms with Gasteiger partial charge in [-0.25, -0.2) is 4.98 Å². The SMILES string of the molecule is CCCCCCCCc1ccccc1-c1ccc(OCC(O)CCOCCC)c(F)n1. The summed E-state index contributed by atoms with van der Waals surface area (Å²) in [5.74, 6) is -0.591. The van der Waals surface area contributed by atoms with Crippen LogP contribution in [0.2, 0.25) is 0 Å². The maximum atomic E-state index is 14.6. The number of unbranched alkanes of at least 4 members (excludes halogenated alkanes) is 5. The number of ether oxygens (including phenoxy) is 2. The molecule has 172 valence electrons. The van der Waals surface area contributed by atoms with Gasteiger partial charge in [0.2, 0.25) is 0 Å². The molecular formula is C26H38FNO3. The van der Waals surface area contributed by atoms with Crippen molar-refractivity contribution < 1.29 is 19.0 Å². The number of hydrogen-bond donors (Lipinski definition) is 1. The third-order valence-electron chi connectivity index (χ3n) is 5.28. The topological polar surface area (TPSA) is 51.6 Å². The molecule has 31 heavy (non-hydrogen) atoms. The van der Waals surface area contributed by atoms with E-state index in [-0.39, 0.29) is 12.4 Å². The summed E-state index contributed by atoms with van der Waals surface area (Å²) in [6.45, 7) is 5.42. The molecule has 2 rings (SSSR count). The van der Waals surface area contributed by atoms with Gasteiger partial charge in [0.25, 0.3) is 5.95 Å². The van der Waals surface area contributed by atoms with Crippen LogP contribution in [0, 0.1) is 5.95 Å². The largest absolute Gasteiger partial charge is 0.486 e. The van der Waals surface area contributed by atoms with Gasteiger partial charge in [-0.1, -0.05) is 70.2 Å². The monoisotopic (exact) mass is 431 g/mol. The van der Waals surface area contributed by atoms with E-state index in [1.807, 2.05) is 25.1 Å². The van der Waals surface area contributed by atoms with Crippen LogP contribution in [0.5, 0.6) is 5.75 Å². The van der Waals surface area contributed by atoms with Gasteiger partial charge >= 0.3 is 0 Å². The summed E-state index contributed by atoms with van der Waals surface area (Å²) in [5, 5.41) is 9.97. The van der Waals surface area contributed by atoms with Crippen LogP contribution in [0.3, 0.4) is 0 Å². The van der Waals surface area contributed by atoms with Crippen molar-refractivity contribution in [2.75, 3.05) is 19.8 Å². The van der Waals surface area contributed by atoms with Crippen molar-refractivity contribution in [1.29, 1.82) is 0 Å². The molecule has 0 aliphatic rings. The zero-order valence-corrected chi connectivity index (χ0v) is 19.1. The normalized spacial score (nSPS) is 12.1. The van der Waals surface area contributed by atoms with Gasteiger partial charge in [-0.3, -0.25) is 0 Å². The second-order valence-electron chi connectivity index (χ2n) is 8.03. The third-order valence-corrected chi connectivity index (χ3v) is 5.28. The maximum Gasteiger partial charge on any atom is 0.255 e. The van der Waals surface area contributed by atoms with Gasteiger partial charge in [0.1, 0.15) is 6.61 Å². The Hall–Kier alpha value is -1.98. The van der Waals surface area contributed by atoms with E-state index in [9.17, 15) is 9.50 Å². The number of halogens is 1. The number of aliphatic hydroxyl groups is 1. The van der Waals surface area contributed by atoms with Gasteiger partial charge < -0.3 is 14.6 Å². The lowest BCUT2D eigenvalue weighted by atomic mass is 9.98. The minimum atomic E-state index is -0.700. The van der Waals surface area contributed by atoms with Crippen molar-refractivity contribution in [1.82, 2.24) is 4.98 Å². The molecule has 0 radical (unpaired) electrons. The molecule has 0 saturated carbocycles. The fourth-order valence-corrected chi connectivity index (χ4v) is 3.50. The van der Waals surface area contributed by atoms with Gasteiger partial charge in [0.05, 0.1) is 11.8 Å². The first-order valence-electron chi connectivity index (χ1n) is 11.8. The number of aryl methyl sites for hydroxylation is 1. The molecule has 0 bridgehead atoms. The Balaban J connectivity index is 1.90. The standard InChI is InChI=1S/C26H38FNO3/c1-3-5-6-7-8-9-12-21-13-10-11-14-23(21)24-15-16-25(26(27)28-24)31-20-22(29)17-19-30-18-4-2/h10-11,13-16,22,29H,3-9,12,17-20H2,1-2H3. The van der Waals surface area contributed by atoms with Crippen LogP contribution in [0.15, 0.2) is 36.4 Å². The fourth-order valence-electron chi connectivity index (χ4n) is 3.50. The summed E-state index contributed by atoms with van der Waals surface area (Å²) in [7, 11) is 0. The molecule has 1 N–H and O–H groups in total. The van der Waals surface area contributed by atoms with Gasteiger partial charge in [-0.15, -0.1) is 0 Å². The van der Waals surface area contributed by atoms with E-state index in [0.29, 0.717) is 25.3 Å². The zero-order valence-electron chi connectivity index (χ0n) is 19.1. The third kappa shape index (κ3) is 9.36. The molecule has 0 amide bonds. The highest BCUT2D eigenvalue weighted by Gasteiger charge is 2.13. The number of aromatic nitrogens is 1. The summed E-state index contributed by atoms with van der Waals surface area (Å²) in [6, 6.07) is 11.5. The molecule has 1 atom stereocenters. The molecule has 4 nitrogen and oxygen atoms in total. The molecule has 0 aliphatic carbocycles. The fraction of sp³-hybridized carbons (Fsp3) is 0.577. The number of hydrogen-bond acceptors (Lipinski definition) is 4. The lowest BCUT2D eigenvalue weighted by molar-refractivity contribution is 0.0543. The van der Waals surface area contributed by atoms with Crippen molar-refractivity contribution in [2.24, 2.45) is 0 Å². The first-order chi connectivity index (χ1) is 15.2. The maximum absolute atomic E-state index is 14.6. The lowest BCUT2D eigenvalue weighted by Crippen LogP contribution is -2.20. The Bertz CT molecular complexity index is 753. The van der Waals surface area contributed by atoms with Crippen LogP contribution in [-0.2, 0) is 11.2 Å². The Morgan fingerprint density at radius 1 is 0.935 bits per heavy atom. The minimum absolute atomic E-state index is 0.0159. The molecule has 1 unspecified atom stereocenters. The van der Waals surface area contributed by atoms with E-state index in [4.69, 9.17) is 9.47 Å². The average molecular weight is 432 g/mol. The van der Waals surface area contributed by atoms with E-state index in [1.165, 1.54) is 37.7 Å². The Kier molecular flexibility index (Phi) is 12.2. The van der Waals surface area contributed by atoms with Gasteiger partial charge in [0, 0.05) is 18.8 Å². The minimum Gasteiger partial charge on any atom is -0.486 e. The molecule has 1 aromatic carbocycles. The van der Waals surface area contributed by atoms with Crippen LogP contribution in [0.4, 0.5) is 4.39 Å². The van der Waals surface area contributed by atoms with E-state index in [1.54, 1.807) is 12.1 Å². The van der Waals surface area contributed by atoms with E-state index in [0.717, 1.165) is 24.8 Å². The number of nitrogens with zero attached hydrogens (tertiary/aromatic N) is 1. The Labute approximate surface area is 186 Å². The Morgan fingerprint density at radius 2 is 1.71 bits per heavy atom. The highest BCUT2D eigenvalue weighted by Crippen LogP contribution is 2.27. The van der Waals surface area contributed by atoms with Crippen LogP contribution in [-0.4, -0.2) is 36.0 Å². The van der Waals surface area contributed by atoms with Crippen molar-refractivity contribution in [3.8, 4) is 17.0 Å². The molecule has 1 aromatic heterocycles. The summed E-state index contributed by atoms with van der Waals surface area (Å²) >= 11 is 0. The van der Waals surface area contributed by atoms with Crippen molar-refractivity contribution in [3.63, 3.8) is 0 Å². The first-order valence-corrected chi connectivity index (χ1v) is 11.8. The number of aliphatic hydroxyl groups excluding tert-OH is 1. The van der Waals surface area contributed by atoms with Gasteiger partial charge in [0.15, 0.2) is 5.75 Å². The van der Waals surface area contributed by atoms with Crippen LogP contribution in [0.1, 0.15) is 70.8 Å². The predicted octanol–water partition coefficient (Wildman–Crippen LogP) is 6.35. The smallest absolute Gasteiger partial charge is 0.255 e. The predicted molar refractivity (Wildman–Crippen MR) is 124 cm³/mol. The van der Waals surface area contributed by atoms with Crippen LogP contribution < -0.4 is 4.74 Å². The van der Waals surface area contributed by atoms with Crippen LogP contribution >= 0.6 is 0 Å². The lowest BCUT2D eigenvalue weighted by Gasteiger charge is -2.14. The Morgan fingerprint density at radius 3 is 2.48 bits per heavy atom. The molecule has 2 aromatic rings. The summed E-state index contributed by atoms with van der Waals surface area (Å²) in [6.07, 6.45) is 9.14.